The van der Waals surface area contributed by atoms with Crippen LogP contribution in [0.5, 0.6) is 0 Å². The molecule has 0 heterocycles. The molecule has 0 radical (unpaired) electrons. The van der Waals surface area contributed by atoms with Crippen LogP contribution in [0.2, 0.25) is 0 Å². The third-order valence-corrected chi connectivity index (χ3v) is 2.48. The Kier molecular flexibility index (Phi) is 4.55. The Labute approximate surface area is 102 Å². The van der Waals surface area contributed by atoms with E-state index in [1.54, 1.807) is 6.92 Å². The van der Waals surface area contributed by atoms with Gasteiger partial charge in [0.05, 0.1) is 11.6 Å². The van der Waals surface area contributed by atoms with E-state index >= 15 is 0 Å². The first kappa shape index (κ1) is 14.3. The number of halogens is 3. The largest absolute Gasteiger partial charge is 0.416 e. The second kappa shape index (κ2) is 5.72. The second-order valence-electron chi connectivity index (χ2n) is 3.78. The van der Waals surface area contributed by atoms with Crippen LogP contribution in [-0.4, -0.2) is 17.1 Å². The van der Waals surface area contributed by atoms with Crippen LogP contribution in [0.4, 0.5) is 13.2 Å². The minimum absolute atomic E-state index is 0.0208. The number of hydrogen-bond donors (Lipinski definition) is 3. The van der Waals surface area contributed by atoms with Crippen molar-refractivity contribution in [3.8, 4) is 0 Å². The number of nitrogens with two attached hydrogens (primary N) is 1. The number of nitrogens with one attached hydrogen (secondary N) is 1. The number of benzene rings is 1. The number of amidine groups is 1. The standard InChI is InChI=1S/C11H14F3N3O/c1-7(10(15)17-18)16-6-8-4-2-3-5-9(8)11(12,13)14/h2-5,7,16,18H,6H2,1H3,(H2,15,17). The zero-order valence-corrected chi connectivity index (χ0v) is 9.70. The van der Waals surface area contributed by atoms with Crippen molar-refractivity contribution in [2.45, 2.75) is 25.7 Å². The van der Waals surface area contributed by atoms with E-state index in [-0.39, 0.29) is 17.9 Å². The number of alkyl halides is 3. The molecule has 100 valence electrons. The molecule has 7 heteroatoms. The molecular formula is C11H14F3N3O. The summed E-state index contributed by atoms with van der Waals surface area (Å²) >= 11 is 0. The average Bonchev–Trinajstić information content (AvgIpc) is 2.34. The van der Waals surface area contributed by atoms with Gasteiger partial charge >= 0.3 is 6.18 Å². The van der Waals surface area contributed by atoms with Gasteiger partial charge in [0.2, 0.25) is 0 Å². The van der Waals surface area contributed by atoms with Crippen LogP contribution in [0.1, 0.15) is 18.1 Å². The summed E-state index contributed by atoms with van der Waals surface area (Å²) in [5.74, 6) is -0.0838. The van der Waals surface area contributed by atoms with Crippen LogP contribution in [0.3, 0.4) is 0 Å². The molecule has 0 bridgehead atoms. The Morgan fingerprint density at radius 1 is 1.44 bits per heavy atom. The van der Waals surface area contributed by atoms with Crippen molar-refractivity contribution in [3.05, 3.63) is 35.4 Å². The fourth-order valence-electron chi connectivity index (χ4n) is 1.41. The predicted molar refractivity (Wildman–Crippen MR) is 61.2 cm³/mol. The molecule has 1 aromatic carbocycles. The van der Waals surface area contributed by atoms with Gasteiger partial charge in [0.1, 0.15) is 0 Å². The second-order valence-corrected chi connectivity index (χ2v) is 3.78. The van der Waals surface area contributed by atoms with Crippen molar-refractivity contribution in [3.63, 3.8) is 0 Å². The summed E-state index contributed by atoms with van der Waals surface area (Å²) in [5.41, 5.74) is 4.74. The Morgan fingerprint density at radius 2 is 2.06 bits per heavy atom. The lowest BCUT2D eigenvalue weighted by atomic mass is 10.1. The van der Waals surface area contributed by atoms with Crippen molar-refractivity contribution < 1.29 is 18.4 Å². The number of oxime groups is 1. The van der Waals surface area contributed by atoms with Crippen LogP contribution >= 0.6 is 0 Å². The van der Waals surface area contributed by atoms with Crippen molar-refractivity contribution in [2.75, 3.05) is 0 Å². The molecule has 0 spiro atoms. The lowest BCUT2D eigenvalue weighted by Gasteiger charge is -2.16. The third-order valence-electron chi connectivity index (χ3n) is 2.48. The fourth-order valence-corrected chi connectivity index (χ4v) is 1.41. The topological polar surface area (TPSA) is 70.6 Å². The van der Waals surface area contributed by atoms with Crippen LogP contribution < -0.4 is 11.1 Å². The normalized spacial score (nSPS) is 14.6. The molecule has 1 unspecified atom stereocenters. The summed E-state index contributed by atoms with van der Waals surface area (Å²) in [5, 5.41) is 14.0. The summed E-state index contributed by atoms with van der Waals surface area (Å²) in [6.45, 7) is 1.57. The zero-order chi connectivity index (χ0) is 13.8. The molecule has 1 atom stereocenters. The smallest absolute Gasteiger partial charge is 0.409 e. The van der Waals surface area contributed by atoms with Gasteiger partial charge in [0.25, 0.3) is 0 Å². The number of hydrogen-bond acceptors (Lipinski definition) is 3. The van der Waals surface area contributed by atoms with Crippen LogP contribution in [-0.2, 0) is 12.7 Å². The van der Waals surface area contributed by atoms with E-state index in [0.29, 0.717) is 0 Å². The summed E-state index contributed by atoms with van der Waals surface area (Å²) in [4.78, 5) is 0. The van der Waals surface area contributed by atoms with Gasteiger partial charge in [0, 0.05) is 6.54 Å². The third kappa shape index (κ3) is 3.63. The van der Waals surface area contributed by atoms with Gasteiger partial charge in [-0.3, -0.25) is 0 Å². The van der Waals surface area contributed by atoms with Crippen LogP contribution in [0, 0.1) is 0 Å². The minimum Gasteiger partial charge on any atom is -0.409 e. The van der Waals surface area contributed by atoms with Gasteiger partial charge in [-0.05, 0) is 18.6 Å². The molecule has 0 saturated carbocycles. The highest BCUT2D eigenvalue weighted by atomic mass is 19.4. The van der Waals surface area contributed by atoms with E-state index in [1.807, 2.05) is 0 Å². The quantitative estimate of drug-likeness (QED) is 0.336. The average molecular weight is 261 g/mol. The van der Waals surface area contributed by atoms with Gasteiger partial charge in [-0.2, -0.15) is 13.2 Å². The molecule has 0 saturated heterocycles. The molecule has 0 aliphatic rings. The highest BCUT2D eigenvalue weighted by Gasteiger charge is 2.32. The van der Waals surface area contributed by atoms with E-state index in [4.69, 9.17) is 10.9 Å². The van der Waals surface area contributed by atoms with Gasteiger partial charge < -0.3 is 16.3 Å². The Bertz CT molecular complexity index is 432. The minimum atomic E-state index is -4.39. The molecular weight excluding hydrogens is 247 g/mol. The van der Waals surface area contributed by atoms with Gasteiger partial charge in [-0.15, -0.1) is 0 Å². The Hall–Kier alpha value is -1.76. The van der Waals surface area contributed by atoms with Gasteiger partial charge in [-0.1, -0.05) is 23.4 Å². The van der Waals surface area contributed by atoms with E-state index < -0.39 is 17.8 Å². The summed E-state index contributed by atoms with van der Waals surface area (Å²) < 4.78 is 38.0. The van der Waals surface area contributed by atoms with E-state index in [9.17, 15) is 13.2 Å². The van der Waals surface area contributed by atoms with Crippen molar-refractivity contribution >= 4 is 5.84 Å². The molecule has 0 fully saturated rings. The first-order valence-electron chi connectivity index (χ1n) is 5.22. The fraction of sp³-hybridized carbons (Fsp3) is 0.364. The molecule has 1 aromatic rings. The molecule has 4 N–H and O–H groups in total. The molecule has 0 aliphatic carbocycles. The maximum absolute atomic E-state index is 12.7. The lowest BCUT2D eigenvalue weighted by molar-refractivity contribution is -0.138. The van der Waals surface area contributed by atoms with Gasteiger partial charge in [0.15, 0.2) is 5.84 Å². The Morgan fingerprint density at radius 3 is 2.61 bits per heavy atom. The lowest BCUT2D eigenvalue weighted by Crippen LogP contribution is -2.38. The van der Waals surface area contributed by atoms with E-state index in [0.717, 1.165) is 6.07 Å². The maximum Gasteiger partial charge on any atom is 0.416 e. The predicted octanol–water partition coefficient (Wildman–Crippen LogP) is 1.93. The monoisotopic (exact) mass is 261 g/mol. The van der Waals surface area contributed by atoms with Crippen LogP contribution in [0.25, 0.3) is 0 Å². The van der Waals surface area contributed by atoms with Crippen LogP contribution in [0.15, 0.2) is 29.4 Å². The summed E-state index contributed by atoms with van der Waals surface area (Å²) in [6, 6.07) is 4.75. The first-order valence-corrected chi connectivity index (χ1v) is 5.22. The zero-order valence-electron chi connectivity index (χ0n) is 9.70. The van der Waals surface area contributed by atoms with Crippen molar-refractivity contribution in [1.82, 2.24) is 5.32 Å². The highest BCUT2D eigenvalue weighted by Crippen LogP contribution is 2.31. The number of rotatable bonds is 4. The highest BCUT2D eigenvalue weighted by molar-refractivity contribution is 5.84. The molecule has 18 heavy (non-hydrogen) atoms. The van der Waals surface area contributed by atoms with E-state index in [1.165, 1.54) is 18.2 Å². The first-order chi connectivity index (χ1) is 8.36. The molecule has 1 rings (SSSR count). The molecule has 0 aromatic heterocycles. The Balaban J connectivity index is 2.80. The summed E-state index contributed by atoms with van der Waals surface area (Å²) in [6.07, 6.45) is -4.39. The SMILES string of the molecule is CC(NCc1ccccc1C(F)(F)F)C(N)=NO. The number of nitrogens with zero attached hydrogens (tertiary/aromatic N) is 1. The summed E-state index contributed by atoms with van der Waals surface area (Å²) in [7, 11) is 0. The maximum atomic E-state index is 12.7. The molecule has 0 aliphatic heterocycles. The van der Waals surface area contributed by atoms with Crippen molar-refractivity contribution in [2.24, 2.45) is 10.9 Å². The van der Waals surface area contributed by atoms with E-state index in [2.05, 4.69) is 10.5 Å². The van der Waals surface area contributed by atoms with Gasteiger partial charge in [-0.25, -0.2) is 0 Å². The molecule has 4 nitrogen and oxygen atoms in total. The van der Waals surface area contributed by atoms with Crippen molar-refractivity contribution in [1.29, 1.82) is 0 Å². The molecule has 0 amide bonds.